The molecular weight excluding hydrogens is 276 g/mol. The normalized spacial score (nSPS) is 39.4. The summed E-state index contributed by atoms with van der Waals surface area (Å²) in [6.45, 7) is 0.139. The average Bonchev–Trinajstić information content (AvgIpc) is 2.99. The van der Waals surface area contributed by atoms with Crippen LogP contribution in [0.25, 0.3) is 0 Å². The third-order valence-electron chi connectivity index (χ3n) is 5.12. The van der Waals surface area contributed by atoms with Crippen LogP contribution in [0.1, 0.15) is 32.1 Å². The van der Waals surface area contributed by atoms with Crippen LogP contribution < -0.4 is 0 Å². The number of rotatable bonds is 1. The molecule has 1 aliphatic carbocycles. The van der Waals surface area contributed by atoms with E-state index in [9.17, 15) is 24.9 Å². The fourth-order valence-electron chi connectivity index (χ4n) is 4.04. The van der Waals surface area contributed by atoms with Crippen molar-refractivity contribution < 1.29 is 24.9 Å². The summed E-state index contributed by atoms with van der Waals surface area (Å²) in [5.74, 6) is -0.695. The second kappa shape index (κ2) is 5.46. The first-order valence-corrected chi connectivity index (χ1v) is 7.65. The van der Waals surface area contributed by atoms with Crippen molar-refractivity contribution >= 4 is 12.0 Å². The number of fused-ring (bicyclic) bond motifs is 1. The number of amides is 2. The number of carboxylic acid groups (broad SMARTS) is 1. The number of carbonyl (C=O) groups excluding carboxylic acids is 1. The first-order chi connectivity index (χ1) is 9.99. The molecule has 2 heterocycles. The predicted octanol–water partition coefficient (Wildman–Crippen LogP) is -0.139. The highest BCUT2D eigenvalue weighted by Gasteiger charge is 2.49. The summed E-state index contributed by atoms with van der Waals surface area (Å²) in [5.41, 5.74) is 0. The monoisotopic (exact) mass is 298 g/mol. The zero-order valence-electron chi connectivity index (χ0n) is 11.9. The molecule has 2 saturated heterocycles. The van der Waals surface area contributed by atoms with Crippen molar-refractivity contribution in [2.24, 2.45) is 5.92 Å². The van der Waals surface area contributed by atoms with E-state index in [0.717, 1.165) is 25.7 Å². The third-order valence-corrected chi connectivity index (χ3v) is 5.12. The zero-order chi connectivity index (χ0) is 15.1. The summed E-state index contributed by atoms with van der Waals surface area (Å²) in [7, 11) is 0. The third kappa shape index (κ3) is 2.48. The molecular formula is C14H22N2O5. The molecule has 0 bridgehead atoms. The van der Waals surface area contributed by atoms with Gasteiger partial charge in [-0.3, -0.25) is 0 Å². The SMILES string of the molecule is O=C(O)C1CC2CCCCC2N1C(=O)N1CC(O)C(O)C1. The van der Waals surface area contributed by atoms with Crippen LogP contribution in [0.5, 0.6) is 0 Å². The smallest absolute Gasteiger partial charge is 0.326 e. The number of β-amino-alcohol motifs (C(OH)–C–C–N with tert-alkyl or cyclic N) is 2. The molecule has 0 aromatic rings. The maximum absolute atomic E-state index is 12.7. The molecule has 21 heavy (non-hydrogen) atoms. The summed E-state index contributed by atoms with van der Waals surface area (Å²) in [5, 5.41) is 28.6. The van der Waals surface area contributed by atoms with Crippen molar-refractivity contribution in [1.82, 2.24) is 9.80 Å². The lowest BCUT2D eigenvalue weighted by molar-refractivity contribution is -0.141. The molecule has 2 amide bonds. The summed E-state index contributed by atoms with van der Waals surface area (Å²) in [6.07, 6.45) is 2.57. The fraction of sp³-hybridized carbons (Fsp3) is 0.857. The van der Waals surface area contributed by atoms with E-state index in [1.165, 1.54) is 9.80 Å². The van der Waals surface area contributed by atoms with Crippen LogP contribution in [0.15, 0.2) is 0 Å². The molecule has 7 nitrogen and oxygen atoms in total. The van der Waals surface area contributed by atoms with E-state index >= 15 is 0 Å². The highest BCUT2D eigenvalue weighted by molar-refractivity contribution is 5.84. The number of aliphatic hydroxyl groups is 2. The highest BCUT2D eigenvalue weighted by Crippen LogP contribution is 2.40. The molecule has 0 spiro atoms. The van der Waals surface area contributed by atoms with Crippen LogP contribution >= 0.6 is 0 Å². The second-order valence-corrected chi connectivity index (χ2v) is 6.43. The van der Waals surface area contributed by atoms with Crippen molar-refractivity contribution in [3.8, 4) is 0 Å². The molecule has 7 heteroatoms. The summed E-state index contributed by atoms with van der Waals surface area (Å²) in [6, 6.07) is -1.14. The molecule has 5 atom stereocenters. The number of urea groups is 1. The minimum absolute atomic E-state index is 0.0118. The minimum Gasteiger partial charge on any atom is -0.480 e. The van der Waals surface area contributed by atoms with Crippen molar-refractivity contribution in [3.63, 3.8) is 0 Å². The second-order valence-electron chi connectivity index (χ2n) is 6.43. The van der Waals surface area contributed by atoms with E-state index < -0.39 is 24.2 Å². The number of aliphatic carboxylic acids is 1. The number of likely N-dealkylation sites (tertiary alicyclic amines) is 2. The molecule has 5 unspecified atom stereocenters. The van der Waals surface area contributed by atoms with Gasteiger partial charge in [-0.15, -0.1) is 0 Å². The maximum Gasteiger partial charge on any atom is 0.326 e. The lowest BCUT2D eigenvalue weighted by atomic mass is 9.85. The zero-order valence-corrected chi connectivity index (χ0v) is 11.9. The molecule has 0 radical (unpaired) electrons. The molecule has 3 rings (SSSR count). The Morgan fingerprint density at radius 1 is 1.00 bits per heavy atom. The largest absolute Gasteiger partial charge is 0.480 e. The summed E-state index contributed by atoms with van der Waals surface area (Å²) < 4.78 is 0. The molecule has 3 N–H and O–H groups in total. The quantitative estimate of drug-likeness (QED) is 0.625. The van der Waals surface area contributed by atoms with Gasteiger partial charge in [0.15, 0.2) is 0 Å². The molecule has 0 aromatic heterocycles. The Morgan fingerprint density at radius 2 is 1.62 bits per heavy atom. The Bertz CT molecular complexity index is 433. The van der Waals surface area contributed by atoms with Gasteiger partial charge in [0.05, 0.1) is 25.3 Å². The van der Waals surface area contributed by atoms with Gasteiger partial charge < -0.3 is 25.1 Å². The van der Waals surface area contributed by atoms with Crippen LogP contribution in [-0.2, 0) is 4.79 Å². The number of nitrogens with zero attached hydrogens (tertiary/aromatic N) is 2. The Morgan fingerprint density at radius 3 is 2.24 bits per heavy atom. The van der Waals surface area contributed by atoms with E-state index in [4.69, 9.17) is 0 Å². The van der Waals surface area contributed by atoms with E-state index in [-0.39, 0.29) is 31.1 Å². The number of carbonyl (C=O) groups is 2. The Balaban J connectivity index is 1.80. The van der Waals surface area contributed by atoms with E-state index in [1.807, 2.05) is 0 Å². The van der Waals surface area contributed by atoms with Crippen molar-refractivity contribution in [1.29, 1.82) is 0 Å². The van der Waals surface area contributed by atoms with Crippen LogP contribution in [0.2, 0.25) is 0 Å². The molecule has 3 aliphatic rings. The van der Waals surface area contributed by atoms with Gasteiger partial charge in [0.2, 0.25) is 0 Å². The van der Waals surface area contributed by atoms with Gasteiger partial charge >= 0.3 is 12.0 Å². The lowest BCUT2D eigenvalue weighted by Gasteiger charge is -2.35. The van der Waals surface area contributed by atoms with E-state index in [2.05, 4.69) is 0 Å². The van der Waals surface area contributed by atoms with Gasteiger partial charge in [0.25, 0.3) is 0 Å². The standard InChI is InChI=1S/C14H22N2O5/c17-11-6-15(7-12(11)18)14(21)16-9-4-2-1-3-8(9)5-10(16)13(19)20/h8-12,17-18H,1-7H2,(H,19,20). The Hall–Kier alpha value is -1.34. The van der Waals surface area contributed by atoms with Gasteiger partial charge in [-0.2, -0.15) is 0 Å². The van der Waals surface area contributed by atoms with E-state index in [1.54, 1.807) is 0 Å². The first kappa shape index (κ1) is 14.6. The van der Waals surface area contributed by atoms with Crippen molar-refractivity contribution in [2.45, 2.75) is 56.4 Å². The van der Waals surface area contributed by atoms with Crippen LogP contribution in [-0.4, -0.2) is 74.5 Å². The maximum atomic E-state index is 12.7. The molecule has 3 fully saturated rings. The minimum atomic E-state index is -0.960. The van der Waals surface area contributed by atoms with Gasteiger partial charge in [0.1, 0.15) is 6.04 Å². The highest BCUT2D eigenvalue weighted by atomic mass is 16.4. The van der Waals surface area contributed by atoms with Gasteiger partial charge in [0, 0.05) is 6.04 Å². The topological polar surface area (TPSA) is 101 Å². The van der Waals surface area contributed by atoms with Crippen LogP contribution in [0.3, 0.4) is 0 Å². The predicted molar refractivity (Wildman–Crippen MR) is 72.6 cm³/mol. The number of hydrogen-bond acceptors (Lipinski definition) is 4. The van der Waals surface area contributed by atoms with Crippen LogP contribution in [0.4, 0.5) is 4.79 Å². The average molecular weight is 298 g/mol. The first-order valence-electron chi connectivity index (χ1n) is 7.65. The molecule has 0 aromatic carbocycles. The number of hydrogen-bond donors (Lipinski definition) is 3. The summed E-state index contributed by atoms with van der Waals surface area (Å²) in [4.78, 5) is 27.0. The molecule has 1 saturated carbocycles. The van der Waals surface area contributed by atoms with Gasteiger partial charge in [-0.1, -0.05) is 12.8 Å². The summed E-state index contributed by atoms with van der Waals surface area (Å²) >= 11 is 0. The van der Waals surface area contributed by atoms with Crippen molar-refractivity contribution in [3.05, 3.63) is 0 Å². The molecule has 118 valence electrons. The number of carboxylic acids is 1. The molecule has 2 aliphatic heterocycles. The van der Waals surface area contributed by atoms with Gasteiger partial charge in [-0.05, 0) is 25.2 Å². The fourth-order valence-corrected chi connectivity index (χ4v) is 4.04. The van der Waals surface area contributed by atoms with E-state index in [0.29, 0.717) is 6.42 Å². The number of aliphatic hydroxyl groups excluding tert-OH is 2. The lowest BCUT2D eigenvalue weighted by Crippen LogP contribution is -2.51. The van der Waals surface area contributed by atoms with Crippen LogP contribution in [0, 0.1) is 5.92 Å². The Kier molecular flexibility index (Phi) is 3.79. The Labute approximate surface area is 123 Å². The van der Waals surface area contributed by atoms with Gasteiger partial charge in [-0.25, -0.2) is 9.59 Å². The van der Waals surface area contributed by atoms with Crippen molar-refractivity contribution in [2.75, 3.05) is 13.1 Å².